The van der Waals surface area contributed by atoms with Crippen LogP contribution in [0.3, 0.4) is 0 Å². The number of aryl methyl sites for hydroxylation is 1. The zero-order chi connectivity index (χ0) is 14.9. The summed E-state index contributed by atoms with van der Waals surface area (Å²) in [6.45, 7) is 10.8. The number of ether oxygens (including phenoxy) is 1. The van der Waals surface area contributed by atoms with Crippen LogP contribution < -0.4 is 10.6 Å². The predicted octanol–water partition coefficient (Wildman–Crippen LogP) is 1.60. The molecule has 1 saturated heterocycles. The number of aromatic nitrogens is 2. The van der Waals surface area contributed by atoms with Crippen LogP contribution in [0.2, 0.25) is 0 Å². The predicted molar refractivity (Wildman–Crippen MR) is 85.9 cm³/mol. The Morgan fingerprint density at radius 2 is 1.86 bits per heavy atom. The fourth-order valence-electron chi connectivity index (χ4n) is 2.36. The van der Waals surface area contributed by atoms with Crippen molar-refractivity contribution in [3.8, 4) is 0 Å². The summed E-state index contributed by atoms with van der Waals surface area (Å²) in [5, 5.41) is 6.68. The molecule has 6 nitrogen and oxygen atoms in total. The average Bonchev–Trinajstić information content (AvgIpc) is 2.49. The molecule has 0 aromatic carbocycles. The lowest BCUT2D eigenvalue weighted by Gasteiger charge is -2.26. The van der Waals surface area contributed by atoms with Gasteiger partial charge in [0.05, 0.1) is 13.2 Å². The summed E-state index contributed by atoms with van der Waals surface area (Å²) in [6, 6.07) is 1.99. The molecule has 1 fully saturated rings. The number of nitrogens with one attached hydrogen (secondary N) is 2. The van der Waals surface area contributed by atoms with Gasteiger partial charge in [0.25, 0.3) is 0 Å². The van der Waals surface area contributed by atoms with Crippen LogP contribution in [-0.4, -0.2) is 60.8 Å². The fourth-order valence-corrected chi connectivity index (χ4v) is 2.36. The van der Waals surface area contributed by atoms with Crippen molar-refractivity contribution in [1.29, 1.82) is 0 Å². The van der Waals surface area contributed by atoms with E-state index in [2.05, 4.69) is 39.3 Å². The summed E-state index contributed by atoms with van der Waals surface area (Å²) in [4.78, 5) is 11.5. The number of rotatable bonds is 8. The Kier molecular flexibility index (Phi) is 6.69. The lowest BCUT2D eigenvalue weighted by Crippen LogP contribution is -2.39. The Hall–Kier alpha value is -1.40. The minimum absolute atomic E-state index is 0.846. The smallest absolute Gasteiger partial charge is 0.133 e. The van der Waals surface area contributed by atoms with Crippen molar-refractivity contribution in [2.75, 3.05) is 56.6 Å². The van der Waals surface area contributed by atoms with E-state index < -0.39 is 0 Å². The van der Waals surface area contributed by atoms with Gasteiger partial charge in [0.15, 0.2) is 0 Å². The third-order valence-corrected chi connectivity index (χ3v) is 3.44. The molecule has 21 heavy (non-hydrogen) atoms. The van der Waals surface area contributed by atoms with Crippen molar-refractivity contribution in [2.45, 2.75) is 26.7 Å². The van der Waals surface area contributed by atoms with Crippen molar-refractivity contribution < 1.29 is 4.74 Å². The first-order chi connectivity index (χ1) is 10.3. The normalized spacial score (nSPS) is 15.9. The Labute approximate surface area is 127 Å². The van der Waals surface area contributed by atoms with Gasteiger partial charge in [-0.2, -0.15) is 0 Å². The third kappa shape index (κ3) is 5.47. The Morgan fingerprint density at radius 3 is 2.52 bits per heavy atom. The standard InChI is InChI=1S/C15H27N5O/c1-3-5-13-18-14(16-4-2)12-15(19-13)17-6-7-20-8-10-21-11-9-20/h12H,3-11H2,1-2H3,(H2,16,17,18,19). The second-order valence-corrected chi connectivity index (χ2v) is 5.22. The highest BCUT2D eigenvalue weighted by molar-refractivity contribution is 5.47. The molecule has 2 N–H and O–H groups in total. The maximum atomic E-state index is 5.36. The van der Waals surface area contributed by atoms with Gasteiger partial charge in [-0.3, -0.25) is 4.90 Å². The van der Waals surface area contributed by atoms with Gasteiger partial charge >= 0.3 is 0 Å². The van der Waals surface area contributed by atoms with E-state index in [0.717, 1.165) is 76.2 Å². The molecule has 1 aliphatic heterocycles. The van der Waals surface area contributed by atoms with Gasteiger partial charge in [0, 0.05) is 45.2 Å². The monoisotopic (exact) mass is 293 g/mol. The number of hydrogen-bond donors (Lipinski definition) is 2. The van der Waals surface area contributed by atoms with Crippen LogP contribution in [-0.2, 0) is 11.2 Å². The van der Waals surface area contributed by atoms with E-state index in [1.807, 2.05) is 6.07 Å². The van der Waals surface area contributed by atoms with Crippen LogP contribution in [0.4, 0.5) is 11.6 Å². The molecular weight excluding hydrogens is 266 g/mol. The fraction of sp³-hybridized carbons (Fsp3) is 0.733. The Bertz CT molecular complexity index is 396. The molecule has 0 saturated carbocycles. The Balaban J connectivity index is 1.87. The van der Waals surface area contributed by atoms with Gasteiger partial charge in [0.1, 0.15) is 17.5 Å². The quantitative estimate of drug-likeness (QED) is 0.759. The summed E-state index contributed by atoms with van der Waals surface area (Å²) in [5.41, 5.74) is 0. The molecule has 0 radical (unpaired) electrons. The van der Waals surface area contributed by atoms with Crippen molar-refractivity contribution in [2.24, 2.45) is 0 Å². The Morgan fingerprint density at radius 1 is 1.14 bits per heavy atom. The third-order valence-electron chi connectivity index (χ3n) is 3.44. The van der Waals surface area contributed by atoms with Gasteiger partial charge in [-0.1, -0.05) is 6.92 Å². The first-order valence-corrected chi connectivity index (χ1v) is 7.97. The van der Waals surface area contributed by atoms with Gasteiger partial charge in [-0.25, -0.2) is 9.97 Å². The average molecular weight is 293 g/mol. The molecule has 0 amide bonds. The molecule has 0 aliphatic carbocycles. The topological polar surface area (TPSA) is 62.3 Å². The number of morpholine rings is 1. The summed E-state index contributed by atoms with van der Waals surface area (Å²) in [6.07, 6.45) is 1.97. The van der Waals surface area contributed by atoms with Crippen LogP contribution >= 0.6 is 0 Å². The van der Waals surface area contributed by atoms with Gasteiger partial charge in [-0.15, -0.1) is 0 Å². The van der Waals surface area contributed by atoms with Crippen LogP contribution in [0.25, 0.3) is 0 Å². The maximum Gasteiger partial charge on any atom is 0.133 e. The van der Waals surface area contributed by atoms with Crippen LogP contribution in [0.5, 0.6) is 0 Å². The molecule has 2 heterocycles. The molecule has 6 heteroatoms. The van der Waals surface area contributed by atoms with Crippen molar-refractivity contribution in [1.82, 2.24) is 14.9 Å². The molecule has 1 aliphatic rings. The highest BCUT2D eigenvalue weighted by Gasteiger charge is 2.10. The molecule has 2 rings (SSSR count). The molecule has 1 aromatic heterocycles. The summed E-state index contributed by atoms with van der Waals surface area (Å²) >= 11 is 0. The van der Waals surface area contributed by atoms with E-state index in [1.54, 1.807) is 0 Å². The highest BCUT2D eigenvalue weighted by atomic mass is 16.5. The summed E-state index contributed by atoms with van der Waals surface area (Å²) in [7, 11) is 0. The van der Waals surface area contributed by atoms with Crippen molar-refractivity contribution >= 4 is 11.6 Å². The first-order valence-electron chi connectivity index (χ1n) is 7.97. The molecule has 0 unspecified atom stereocenters. The van der Waals surface area contributed by atoms with Crippen molar-refractivity contribution in [3.63, 3.8) is 0 Å². The molecule has 0 spiro atoms. The second-order valence-electron chi connectivity index (χ2n) is 5.22. The lowest BCUT2D eigenvalue weighted by molar-refractivity contribution is 0.0398. The highest BCUT2D eigenvalue weighted by Crippen LogP contribution is 2.12. The zero-order valence-corrected chi connectivity index (χ0v) is 13.2. The van der Waals surface area contributed by atoms with E-state index in [1.165, 1.54) is 0 Å². The molecule has 0 atom stereocenters. The summed E-state index contributed by atoms with van der Waals surface area (Å²) < 4.78 is 5.36. The zero-order valence-electron chi connectivity index (χ0n) is 13.2. The maximum absolute atomic E-state index is 5.36. The van der Waals surface area contributed by atoms with Crippen molar-refractivity contribution in [3.05, 3.63) is 11.9 Å². The number of anilines is 2. The SMILES string of the molecule is CCCc1nc(NCC)cc(NCCN2CCOCC2)n1. The minimum atomic E-state index is 0.846. The van der Waals surface area contributed by atoms with Gasteiger partial charge < -0.3 is 15.4 Å². The number of hydrogen-bond acceptors (Lipinski definition) is 6. The minimum Gasteiger partial charge on any atom is -0.379 e. The number of nitrogens with zero attached hydrogens (tertiary/aromatic N) is 3. The molecule has 118 valence electrons. The van der Waals surface area contributed by atoms with E-state index in [9.17, 15) is 0 Å². The van der Waals surface area contributed by atoms with Crippen LogP contribution in [0, 0.1) is 0 Å². The van der Waals surface area contributed by atoms with E-state index in [4.69, 9.17) is 4.74 Å². The largest absolute Gasteiger partial charge is 0.379 e. The van der Waals surface area contributed by atoms with E-state index >= 15 is 0 Å². The lowest BCUT2D eigenvalue weighted by atomic mass is 10.3. The van der Waals surface area contributed by atoms with Gasteiger partial charge in [0.2, 0.25) is 0 Å². The second kappa shape index (κ2) is 8.79. The van der Waals surface area contributed by atoms with E-state index in [-0.39, 0.29) is 0 Å². The van der Waals surface area contributed by atoms with Crippen LogP contribution in [0.1, 0.15) is 26.1 Å². The molecule has 0 bridgehead atoms. The van der Waals surface area contributed by atoms with E-state index in [0.29, 0.717) is 0 Å². The first kappa shape index (κ1) is 16.0. The molecule has 1 aromatic rings. The summed E-state index contributed by atoms with van der Waals surface area (Å²) in [5.74, 6) is 2.73. The molecular formula is C15H27N5O. The van der Waals surface area contributed by atoms with Gasteiger partial charge in [-0.05, 0) is 13.3 Å². The van der Waals surface area contributed by atoms with Crippen LogP contribution in [0.15, 0.2) is 6.07 Å².